The van der Waals surface area contributed by atoms with Crippen LogP contribution in [-0.4, -0.2) is 84.1 Å². The number of nitrogens with zero attached hydrogens (tertiary/aromatic N) is 4. The number of aromatic nitrogens is 4. The Labute approximate surface area is 390 Å². The summed E-state index contributed by atoms with van der Waals surface area (Å²) in [5, 5.41) is 0. The van der Waals surface area contributed by atoms with E-state index in [1.54, 1.807) is 24.8 Å². The summed E-state index contributed by atoms with van der Waals surface area (Å²) in [7, 11) is 0. The maximum Gasteiger partial charge on any atom is 0.330 e. The molecule has 0 bridgehead atoms. The number of unbranched alkanes of at least 4 members (excludes halogenated alkanes) is 14. The van der Waals surface area contributed by atoms with Gasteiger partial charge in [-0.2, -0.15) is 0 Å². The summed E-state index contributed by atoms with van der Waals surface area (Å²) in [6.07, 6.45) is 25.5. The molecule has 2 atom stereocenters. The second-order valence-electron chi connectivity index (χ2n) is 16.1. The lowest BCUT2D eigenvalue weighted by Gasteiger charge is -2.31. The zero-order valence-electron chi connectivity index (χ0n) is 38.5. The first-order valence-electron chi connectivity index (χ1n) is 23.6. The minimum atomic E-state index is -0.676. The minimum Gasteiger partial charge on any atom is -0.490 e. The van der Waals surface area contributed by atoms with Crippen LogP contribution in [0.15, 0.2) is 98.6 Å². The molecule has 0 spiro atoms. The third-order valence-electron chi connectivity index (χ3n) is 10.8. The zero-order chi connectivity index (χ0) is 46.3. The quantitative estimate of drug-likeness (QED) is 0.0247. The number of carbonyl (C=O) groups is 2. The average Bonchev–Trinajstić information content (AvgIpc) is 3.36. The third-order valence-corrected chi connectivity index (χ3v) is 10.8. The first kappa shape index (κ1) is 51.4. The van der Waals surface area contributed by atoms with Crippen molar-refractivity contribution >= 4 is 11.9 Å². The van der Waals surface area contributed by atoms with E-state index in [1.165, 1.54) is 50.7 Å². The highest BCUT2D eigenvalue weighted by Crippen LogP contribution is 2.23. The maximum absolute atomic E-state index is 11.0. The lowest BCUT2D eigenvalue weighted by atomic mass is 10.1. The van der Waals surface area contributed by atoms with Crippen LogP contribution in [0.25, 0.3) is 22.8 Å². The van der Waals surface area contributed by atoms with Gasteiger partial charge in [0.15, 0.2) is 23.1 Å². The summed E-state index contributed by atoms with van der Waals surface area (Å²) in [6, 6.07) is 15.8. The van der Waals surface area contributed by atoms with Gasteiger partial charge < -0.3 is 37.9 Å². The molecule has 4 aromatic rings. The number of hydrogen-bond acceptors (Lipinski definition) is 14. The minimum absolute atomic E-state index is 0.316. The fraction of sp³-hybridized carbons (Fsp3) is 0.500. The van der Waals surface area contributed by atoms with E-state index >= 15 is 0 Å². The lowest BCUT2D eigenvalue weighted by Crippen LogP contribution is -2.41. The van der Waals surface area contributed by atoms with E-state index in [2.05, 4.69) is 33.1 Å². The van der Waals surface area contributed by atoms with Crippen LogP contribution in [0, 0.1) is 0 Å². The van der Waals surface area contributed by atoms with Crippen molar-refractivity contribution < 1.29 is 47.5 Å². The molecule has 14 heteroatoms. The Balaban J connectivity index is 0.914. The Morgan fingerprint density at radius 1 is 0.485 bits per heavy atom. The van der Waals surface area contributed by atoms with Crippen molar-refractivity contribution in [1.29, 1.82) is 0 Å². The molecule has 2 aromatic carbocycles. The molecule has 1 fully saturated rings. The van der Waals surface area contributed by atoms with Crippen molar-refractivity contribution in [3.63, 3.8) is 0 Å². The molecule has 1 saturated heterocycles. The number of rotatable bonds is 34. The monoisotopic (exact) mass is 908 g/mol. The van der Waals surface area contributed by atoms with E-state index < -0.39 is 12.6 Å². The molecule has 1 aliphatic heterocycles. The van der Waals surface area contributed by atoms with Crippen LogP contribution in [0.5, 0.6) is 11.5 Å². The van der Waals surface area contributed by atoms with Gasteiger partial charge in [0.2, 0.25) is 12.6 Å². The van der Waals surface area contributed by atoms with Crippen LogP contribution in [-0.2, 0) is 51.2 Å². The summed E-state index contributed by atoms with van der Waals surface area (Å²) < 4.78 is 45.8. The second kappa shape index (κ2) is 31.4. The van der Waals surface area contributed by atoms with Crippen molar-refractivity contribution in [2.45, 2.75) is 129 Å². The van der Waals surface area contributed by atoms with Crippen LogP contribution in [0.3, 0.4) is 0 Å². The Kier molecular flexibility index (Phi) is 24.5. The Morgan fingerprint density at radius 3 is 1.14 bits per heavy atom. The first-order valence-corrected chi connectivity index (χ1v) is 23.6. The summed E-state index contributed by atoms with van der Waals surface area (Å²) >= 11 is 0. The van der Waals surface area contributed by atoms with Crippen LogP contribution in [0.1, 0.15) is 114 Å². The number of ether oxygens (including phenoxy) is 8. The van der Waals surface area contributed by atoms with E-state index in [1.807, 2.05) is 48.5 Å². The van der Waals surface area contributed by atoms with Gasteiger partial charge in [-0.05, 0) is 36.8 Å². The van der Waals surface area contributed by atoms with Gasteiger partial charge in [0, 0.05) is 23.3 Å². The van der Waals surface area contributed by atoms with Crippen LogP contribution >= 0.6 is 0 Å². The summed E-state index contributed by atoms with van der Waals surface area (Å²) in [5.41, 5.74) is 3.72. The summed E-state index contributed by atoms with van der Waals surface area (Å²) in [6.45, 7) is 10.5. The number of esters is 2. The topological polar surface area (TPSA) is 160 Å². The molecule has 0 N–H and O–H groups in total. The highest BCUT2D eigenvalue weighted by molar-refractivity contribution is 5.81. The molecule has 5 rings (SSSR count). The predicted molar refractivity (Wildman–Crippen MR) is 251 cm³/mol. The molecular formula is C52H68N4O10. The van der Waals surface area contributed by atoms with Crippen LogP contribution in [0.2, 0.25) is 0 Å². The SMILES string of the molecule is C=CC(=O)OCCCCCCCCCCOc1cnc(-c2ccc(CO[C@@H]3OCCO[C@H]3OCc3ccc(-c4ncc(OCCCCCCCCCCOC(=O)C=C)cn4)cc3)cc2)nc1. The zero-order valence-corrected chi connectivity index (χ0v) is 38.5. The maximum atomic E-state index is 11.0. The largest absolute Gasteiger partial charge is 0.490 e. The standard InChI is InChI=1S/C52H68N4O10/c1-3-47(57)61-31-19-15-11-7-5-9-13-17-29-59-45-35-53-49(54-36-45)43-25-21-41(22-26-43)39-65-51-52(64-34-33-63-51)66-40-42-23-27-44(28-24-42)50-55-37-46(38-56-50)60-30-18-14-10-6-8-12-16-20-32-62-48(58)4-2/h3-4,21-28,35-38,51-52H,1-2,5-20,29-34,39-40H2/t51-,52-/m0/s1. The normalized spacial score (nSPS) is 14.6. The van der Waals surface area contributed by atoms with Crippen molar-refractivity contribution in [1.82, 2.24) is 19.9 Å². The molecule has 0 aliphatic carbocycles. The highest BCUT2D eigenvalue weighted by atomic mass is 16.8. The molecule has 0 saturated carbocycles. The van der Waals surface area contributed by atoms with Gasteiger partial charge in [-0.15, -0.1) is 0 Å². The Hall–Kier alpha value is -5.54. The molecule has 0 radical (unpaired) electrons. The predicted octanol–water partition coefficient (Wildman–Crippen LogP) is 10.5. The van der Waals surface area contributed by atoms with E-state index in [0.717, 1.165) is 86.5 Å². The highest BCUT2D eigenvalue weighted by Gasteiger charge is 2.29. The van der Waals surface area contributed by atoms with Gasteiger partial charge in [0.05, 0.1) is 77.6 Å². The lowest BCUT2D eigenvalue weighted by molar-refractivity contribution is -0.326. The van der Waals surface area contributed by atoms with Crippen LogP contribution in [0.4, 0.5) is 0 Å². The van der Waals surface area contributed by atoms with E-state index in [-0.39, 0.29) is 11.9 Å². The molecule has 14 nitrogen and oxygen atoms in total. The van der Waals surface area contributed by atoms with E-state index in [9.17, 15) is 9.59 Å². The van der Waals surface area contributed by atoms with Crippen molar-refractivity contribution in [2.75, 3.05) is 39.6 Å². The van der Waals surface area contributed by atoms with Crippen molar-refractivity contribution in [3.8, 4) is 34.3 Å². The molecule has 66 heavy (non-hydrogen) atoms. The van der Waals surface area contributed by atoms with Crippen molar-refractivity contribution in [2.24, 2.45) is 0 Å². The van der Waals surface area contributed by atoms with Gasteiger partial charge in [0.1, 0.15) is 0 Å². The van der Waals surface area contributed by atoms with Gasteiger partial charge in [-0.3, -0.25) is 0 Å². The van der Waals surface area contributed by atoms with E-state index in [4.69, 9.17) is 37.9 Å². The van der Waals surface area contributed by atoms with Gasteiger partial charge >= 0.3 is 11.9 Å². The van der Waals surface area contributed by atoms with Gasteiger partial charge in [0.25, 0.3) is 0 Å². The van der Waals surface area contributed by atoms with Gasteiger partial charge in [-0.1, -0.05) is 139 Å². The molecule has 1 aliphatic rings. The molecule has 0 amide bonds. The Morgan fingerprint density at radius 2 is 0.803 bits per heavy atom. The number of carbonyl (C=O) groups excluding carboxylic acids is 2. The summed E-state index contributed by atoms with van der Waals surface area (Å²) in [5.74, 6) is 1.86. The second-order valence-corrected chi connectivity index (χ2v) is 16.1. The number of hydrogen-bond donors (Lipinski definition) is 0. The average molecular weight is 909 g/mol. The molecular weight excluding hydrogens is 841 g/mol. The molecule has 3 heterocycles. The fourth-order valence-corrected chi connectivity index (χ4v) is 7.05. The van der Waals surface area contributed by atoms with Gasteiger partial charge in [-0.25, -0.2) is 29.5 Å². The van der Waals surface area contributed by atoms with Crippen LogP contribution < -0.4 is 9.47 Å². The molecule has 356 valence electrons. The fourth-order valence-electron chi connectivity index (χ4n) is 7.05. The molecule has 2 aromatic heterocycles. The Bertz CT molecular complexity index is 1820. The smallest absolute Gasteiger partial charge is 0.330 e. The summed E-state index contributed by atoms with van der Waals surface area (Å²) in [4.78, 5) is 40.2. The molecule has 0 unspecified atom stereocenters. The first-order chi connectivity index (χ1) is 32.5. The third kappa shape index (κ3) is 20.3. The van der Waals surface area contributed by atoms with E-state index in [0.29, 0.717) is 76.0 Å². The van der Waals surface area contributed by atoms with Crippen molar-refractivity contribution in [3.05, 3.63) is 110 Å². The number of benzene rings is 2.